The van der Waals surface area contributed by atoms with E-state index in [1.165, 1.54) is 0 Å². The van der Waals surface area contributed by atoms with Gasteiger partial charge in [-0.2, -0.15) is 0 Å². The number of piperazine rings is 1. The minimum absolute atomic E-state index is 0.335. The second-order valence-electron chi connectivity index (χ2n) is 6.86. The van der Waals surface area contributed by atoms with E-state index >= 15 is 0 Å². The van der Waals surface area contributed by atoms with Crippen LogP contribution < -0.4 is 29.3 Å². The van der Waals surface area contributed by atoms with Gasteiger partial charge in [0.1, 0.15) is 13.2 Å². The molecule has 1 aromatic carbocycles. The fraction of sp³-hybridized carbons (Fsp3) is 0.500. The SMILES string of the molecule is COc1ccc(N(C)C)cc1OCCOc1nccnc1N1CCNC[C@H]1C. The number of hydrogen-bond acceptors (Lipinski definition) is 8. The molecule has 152 valence electrons. The number of benzene rings is 1. The van der Waals surface area contributed by atoms with Crippen molar-refractivity contribution in [1.82, 2.24) is 15.3 Å². The maximum Gasteiger partial charge on any atom is 0.257 e. The van der Waals surface area contributed by atoms with Crippen LogP contribution in [-0.2, 0) is 0 Å². The number of nitrogens with zero attached hydrogens (tertiary/aromatic N) is 4. The number of ether oxygens (including phenoxy) is 3. The first kappa shape index (κ1) is 20.0. The zero-order chi connectivity index (χ0) is 19.9. The van der Waals surface area contributed by atoms with Gasteiger partial charge in [0.15, 0.2) is 17.3 Å². The third-order valence-electron chi connectivity index (χ3n) is 4.66. The van der Waals surface area contributed by atoms with Crippen molar-refractivity contribution >= 4 is 11.5 Å². The van der Waals surface area contributed by atoms with Crippen LogP contribution in [0.25, 0.3) is 0 Å². The Labute approximate surface area is 166 Å². The van der Waals surface area contributed by atoms with E-state index in [1.54, 1.807) is 19.5 Å². The van der Waals surface area contributed by atoms with Gasteiger partial charge in [0, 0.05) is 63.9 Å². The molecule has 0 amide bonds. The van der Waals surface area contributed by atoms with Crippen molar-refractivity contribution in [3.8, 4) is 17.4 Å². The second-order valence-corrected chi connectivity index (χ2v) is 6.86. The summed E-state index contributed by atoms with van der Waals surface area (Å²) in [7, 11) is 5.61. The van der Waals surface area contributed by atoms with Gasteiger partial charge < -0.3 is 29.3 Å². The van der Waals surface area contributed by atoms with Gasteiger partial charge in [-0.1, -0.05) is 0 Å². The topological polar surface area (TPSA) is 72.0 Å². The van der Waals surface area contributed by atoms with Crippen LogP contribution in [0.4, 0.5) is 11.5 Å². The Hall–Kier alpha value is -2.74. The first-order valence-corrected chi connectivity index (χ1v) is 9.49. The predicted octanol–water partition coefficient (Wildman–Crippen LogP) is 1.81. The molecule has 2 heterocycles. The average Bonchev–Trinajstić information content (AvgIpc) is 2.72. The molecule has 0 saturated carbocycles. The summed E-state index contributed by atoms with van der Waals surface area (Å²) < 4.78 is 17.2. The Morgan fingerprint density at radius 2 is 1.93 bits per heavy atom. The van der Waals surface area contributed by atoms with Crippen molar-refractivity contribution in [1.29, 1.82) is 0 Å². The molecule has 1 N–H and O–H groups in total. The van der Waals surface area contributed by atoms with E-state index in [0.717, 1.165) is 31.1 Å². The fourth-order valence-corrected chi connectivity index (χ4v) is 3.12. The number of rotatable bonds is 8. The average molecular weight is 387 g/mol. The summed E-state index contributed by atoms with van der Waals surface area (Å²) in [6.45, 7) is 5.62. The summed E-state index contributed by atoms with van der Waals surface area (Å²) in [6.07, 6.45) is 3.35. The Bertz CT molecular complexity index is 771. The van der Waals surface area contributed by atoms with Crippen molar-refractivity contribution in [3.05, 3.63) is 30.6 Å². The molecule has 1 atom stereocenters. The van der Waals surface area contributed by atoms with Gasteiger partial charge in [0.05, 0.1) is 7.11 Å². The fourth-order valence-electron chi connectivity index (χ4n) is 3.12. The van der Waals surface area contributed by atoms with E-state index in [-0.39, 0.29) is 0 Å². The molecule has 1 aromatic heterocycles. The van der Waals surface area contributed by atoms with Crippen LogP contribution in [0.3, 0.4) is 0 Å². The molecule has 1 aliphatic heterocycles. The zero-order valence-electron chi connectivity index (χ0n) is 17.0. The number of methoxy groups -OCH3 is 1. The Balaban J connectivity index is 1.61. The lowest BCUT2D eigenvalue weighted by atomic mass is 10.2. The normalized spacial score (nSPS) is 16.6. The molecular formula is C20H29N5O3. The van der Waals surface area contributed by atoms with Crippen LogP contribution in [0.1, 0.15) is 6.92 Å². The van der Waals surface area contributed by atoms with E-state index in [4.69, 9.17) is 14.2 Å². The van der Waals surface area contributed by atoms with Crippen molar-refractivity contribution in [2.24, 2.45) is 0 Å². The molecule has 0 unspecified atom stereocenters. The highest BCUT2D eigenvalue weighted by molar-refractivity contribution is 5.55. The monoisotopic (exact) mass is 387 g/mol. The van der Waals surface area contributed by atoms with Crippen molar-refractivity contribution in [2.75, 3.05) is 63.9 Å². The minimum atomic E-state index is 0.335. The van der Waals surface area contributed by atoms with Gasteiger partial charge in [-0.3, -0.25) is 0 Å². The van der Waals surface area contributed by atoms with Gasteiger partial charge in [-0.25, -0.2) is 9.97 Å². The van der Waals surface area contributed by atoms with Gasteiger partial charge in [0.25, 0.3) is 5.88 Å². The van der Waals surface area contributed by atoms with Crippen LogP contribution in [0, 0.1) is 0 Å². The molecule has 28 heavy (non-hydrogen) atoms. The number of aromatic nitrogens is 2. The second kappa shape index (κ2) is 9.45. The lowest BCUT2D eigenvalue weighted by molar-refractivity contribution is 0.206. The molecule has 0 spiro atoms. The van der Waals surface area contributed by atoms with E-state index in [1.807, 2.05) is 37.2 Å². The van der Waals surface area contributed by atoms with Crippen LogP contribution in [0.15, 0.2) is 30.6 Å². The summed E-state index contributed by atoms with van der Waals surface area (Å²) in [5, 5.41) is 3.38. The quantitative estimate of drug-likeness (QED) is 0.688. The molecule has 0 bridgehead atoms. The number of anilines is 2. The lowest BCUT2D eigenvalue weighted by Crippen LogP contribution is -2.50. The number of nitrogens with one attached hydrogen (secondary N) is 1. The van der Waals surface area contributed by atoms with Gasteiger partial charge in [0.2, 0.25) is 0 Å². The van der Waals surface area contributed by atoms with Gasteiger partial charge in [-0.15, -0.1) is 0 Å². The maximum atomic E-state index is 5.90. The summed E-state index contributed by atoms with van der Waals surface area (Å²) in [5.41, 5.74) is 1.04. The third kappa shape index (κ3) is 4.75. The molecule has 0 radical (unpaired) electrons. The van der Waals surface area contributed by atoms with E-state index in [9.17, 15) is 0 Å². The van der Waals surface area contributed by atoms with Crippen LogP contribution in [0.2, 0.25) is 0 Å². The van der Waals surface area contributed by atoms with E-state index in [2.05, 4.69) is 27.1 Å². The molecule has 8 heteroatoms. The molecular weight excluding hydrogens is 358 g/mol. The first-order chi connectivity index (χ1) is 13.6. The molecule has 1 aliphatic rings. The highest BCUT2D eigenvalue weighted by Crippen LogP contribution is 2.31. The molecule has 8 nitrogen and oxygen atoms in total. The smallest absolute Gasteiger partial charge is 0.257 e. The molecule has 1 fully saturated rings. The van der Waals surface area contributed by atoms with Crippen molar-refractivity contribution in [3.63, 3.8) is 0 Å². The molecule has 1 saturated heterocycles. The third-order valence-corrected chi connectivity index (χ3v) is 4.66. The van der Waals surface area contributed by atoms with Crippen LogP contribution in [-0.4, -0.2) is 70.1 Å². The first-order valence-electron chi connectivity index (χ1n) is 9.49. The highest BCUT2D eigenvalue weighted by atomic mass is 16.5. The maximum absolute atomic E-state index is 5.90. The minimum Gasteiger partial charge on any atom is -0.493 e. The Kier molecular flexibility index (Phi) is 6.76. The standard InChI is InChI=1S/C20H29N5O3/c1-15-14-21-9-10-25(15)19-20(23-8-7-22-19)28-12-11-27-18-13-16(24(2)3)5-6-17(18)26-4/h5-8,13,15,21H,9-12,14H2,1-4H3/t15-/m1/s1. The Morgan fingerprint density at radius 3 is 2.68 bits per heavy atom. The van der Waals surface area contributed by atoms with Crippen LogP contribution >= 0.6 is 0 Å². The van der Waals surface area contributed by atoms with Crippen molar-refractivity contribution in [2.45, 2.75) is 13.0 Å². The summed E-state index contributed by atoms with van der Waals surface area (Å²) in [5.74, 6) is 2.70. The Morgan fingerprint density at radius 1 is 1.14 bits per heavy atom. The lowest BCUT2D eigenvalue weighted by Gasteiger charge is -2.35. The number of hydrogen-bond donors (Lipinski definition) is 1. The molecule has 0 aliphatic carbocycles. The summed E-state index contributed by atoms with van der Waals surface area (Å²) in [6, 6.07) is 6.18. The van der Waals surface area contributed by atoms with Crippen LogP contribution in [0.5, 0.6) is 17.4 Å². The summed E-state index contributed by atoms with van der Waals surface area (Å²) >= 11 is 0. The van der Waals surface area contributed by atoms with E-state index < -0.39 is 0 Å². The summed E-state index contributed by atoms with van der Waals surface area (Å²) in [4.78, 5) is 13.1. The highest BCUT2D eigenvalue weighted by Gasteiger charge is 2.23. The van der Waals surface area contributed by atoms with E-state index in [0.29, 0.717) is 36.6 Å². The molecule has 3 rings (SSSR count). The van der Waals surface area contributed by atoms with Gasteiger partial charge in [-0.05, 0) is 19.1 Å². The zero-order valence-corrected chi connectivity index (χ0v) is 17.0. The molecule has 2 aromatic rings. The van der Waals surface area contributed by atoms with Crippen molar-refractivity contribution < 1.29 is 14.2 Å². The van der Waals surface area contributed by atoms with Gasteiger partial charge >= 0.3 is 0 Å². The predicted molar refractivity (Wildman–Crippen MR) is 110 cm³/mol. The largest absolute Gasteiger partial charge is 0.493 e.